The van der Waals surface area contributed by atoms with Crippen LogP contribution in [0.25, 0.3) is 11.3 Å². The van der Waals surface area contributed by atoms with Crippen molar-refractivity contribution >= 4 is 27.1 Å². The summed E-state index contributed by atoms with van der Waals surface area (Å²) in [6, 6.07) is 9.56. The van der Waals surface area contributed by atoms with Crippen molar-refractivity contribution in [1.82, 2.24) is 9.97 Å². The van der Waals surface area contributed by atoms with Crippen molar-refractivity contribution in [2.75, 3.05) is 30.0 Å². The first-order chi connectivity index (χ1) is 15.8. The summed E-state index contributed by atoms with van der Waals surface area (Å²) >= 11 is 0. The molecule has 7 nitrogen and oxygen atoms in total. The van der Waals surface area contributed by atoms with Crippen LogP contribution < -0.4 is 15.4 Å². The Bertz CT molecular complexity index is 1270. The van der Waals surface area contributed by atoms with Crippen LogP contribution in [0.2, 0.25) is 0 Å². The Labute approximate surface area is 191 Å². The van der Waals surface area contributed by atoms with Gasteiger partial charge in [0.05, 0.1) is 24.2 Å². The van der Waals surface area contributed by atoms with E-state index in [1.54, 1.807) is 18.2 Å². The topological polar surface area (TPSA) is 100.0 Å². The van der Waals surface area contributed by atoms with Gasteiger partial charge < -0.3 is 15.4 Å². The van der Waals surface area contributed by atoms with Crippen LogP contribution >= 0.6 is 0 Å². The van der Waals surface area contributed by atoms with Gasteiger partial charge >= 0.3 is 0 Å². The molecule has 2 heterocycles. The second-order valence-corrected chi connectivity index (χ2v) is 10.4. The van der Waals surface area contributed by atoms with Crippen molar-refractivity contribution in [3.05, 3.63) is 59.8 Å². The van der Waals surface area contributed by atoms with E-state index in [9.17, 15) is 13.0 Å². The van der Waals surface area contributed by atoms with E-state index < -0.39 is 21.4 Å². The molecule has 1 aliphatic rings. The molecule has 174 valence electrons. The minimum Gasteiger partial charge on any atom is -0.494 e. The molecule has 6 bridgehead atoms. The number of aromatic nitrogens is 2. The zero-order valence-electron chi connectivity index (χ0n) is 18.2. The standard InChI is InChI=1S/C23H25F2N5O2S/c1-33(26,31)14-15-9-17-12-18(10-15)32-8-4-2-3-7-27-21-11-16(5-6-19(21)24)22-20(25)13-28-23(29-17)30-22/h5-6,9-13,26-27H,2-4,7-8,14H2,1H3,(H,28,29,30)/t33-/m0/s1. The fourth-order valence-electron chi connectivity index (χ4n) is 3.60. The summed E-state index contributed by atoms with van der Waals surface area (Å²) in [6.45, 7) is 1.04. The molecule has 33 heavy (non-hydrogen) atoms. The summed E-state index contributed by atoms with van der Waals surface area (Å²) in [4.78, 5) is 8.32. The SMILES string of the molecule is C[S@](=N)(=O)Cc1cc2cc(c1)OCCCCCNc1cc(ccc1F)-c1nc(ncc1F)N2. The quantitative estimate of drug-likeness (QED) is 0.466. The van der Waals surface area contributed by atoms with E-state index >= 15 is 0 Å². The second kappa shape index (κ2) is 9.70. The summed E-state index contributed by atoms with van der Waals surface area (Å²) in [5.41, 5.74) is 1.98. The number of halogens is 2. The van der Waals surface area contributed by atoms with Gasteiger partial charge in [-0.1, -0.05) is 0 Å². The molecule has 3 aromatic rings. The zero-order chi connectivity index (χ0) is 23.4. The third kappa shape index (κ3) is 6.16. The molecule has 3 N–H and O–H groups in total. The summed E-state index contributed by atoms with van der Waals surface area (Å²) in [5.74, 6) is -0.275. The first-order valence-electron chi connectivity index (χ1n) is 10.6. The number of hydrogen-bond acceptors (Lipinski definition) is 7. The minimum absolute atomic E-state index is 0.0373. The van der Waals surface area contributed by atoms with E-state index in [1.165, 1.54) is 24.5 Å². The van der Waals surface area contributed by atoms with Crippen molar-refractivity contribution in [1.29, 1.82) is 4.78 Å². The predicted molar refractivity (Wildman–Crippen MR) is 125 cm³/mol. The highest BCUT2D eigenvalue weighted by Crippen LogP contribution is 2.29. The lowest BCUT2D eigenvalue weighted by atomic mass is 10.1. The van der Waals surface area contributed by atoms with Crippen molar-refractivity contribution in [2.45, 2.75) is 25.0 Å². The van der Waals surface area contributed by atoms with E-state index in [0.29, 0.717) is 35.7 Å². The number of hydrogen-bond donors (Lipinski definition) is 3. The van der Waals surface area contributed by atoms with Crippen LogP contribution in [0.15, 0.2) is 42.6 Å². The van der Waals surface area contributed by atoms with Crippen molar-refractivity contribution in [2.24, 2.45) is 0 Å². The third-order valence-electron chi connectivity index (χ3n) is 5.05. The van der Waals surface area contributed by atoms with E-state index in [1.807, 2.05) is 0 Å². The first kappa shape index (κ1) is 22.9. The van der Waals surface area contributed by atoms with E-state index in [2.05, 4.69) is 20.6 Å². The number of nitrogens with one attached hydrogen (secondary N) is 3. The largest absolute Gasteiger partial charge is 0.494 e. The Hall–Kier alpha value is -3.27. The maximum atomic E-state index is 14.6. The lowest BCUT2D eigenvalue weighted by Crippen LogP contribution is -2.05. The Morgan fingerprint density at radius 1 is 1.12 bits per heavy atom. The number of fused-ring (bicyclic) bond motifs is 7. The average Bonchev–Trinajstić information content (AvgIpc) is 2.74. The van der Waals surface area contributed by atoms with E-state index in [-0.39, 0.29) is 23.1 Å². The van der Waals surface area contributed by atoms with Crippen LogP contribution in [0.4, 0.5) is 26.1 Å². The molecule has 0 saturated carbocycles. The Kier molecular flexibility index (Phi) is 6.73. The fraction of sp³-hybridized carbons (Fsp3) is 0.304. The summed E-state index contributed by atoms with van der Waals surface area (Å²) < 4.78 is 54.5. The molecule has 0 fully saturated rings. The molecule has 0 amide bonds. The molecule has 1 atom stereocenters. The molecule has 4 rings (SSSR count). The van der Waals surface area contributed by atoms with Gasteiger partial charge in [-0.2, -0.15) is 0 Å². The maximum Gasteiger partial charge on any atom is 0.227 e. The number of nitrogens with zero attached hydrogens (tertiary/aromatic N) is 2. The molecule has 1 aromatic heterocycles. The smallest absolute Gasteiger partial charge is 0.227 e. The van der Waals surface area contributed by atoms with Crippen LogP contribution in [0.1, 0.15) is 24.8 Å². The van der Waals surface area contributed by atoms with Gasteiger partial charge in [0.1, 0.15) is 17.3 Å². The number of rotatable bonds is 2. The van der Waals surface area contributed by atoms with Gasteiger partial charge in [-0.3, -0.25) is 4.78 Å². The molecule has 0 unspecified atom stereocenters. The monoisotopic (exact) mass is 473 g/mol. The number of anilines is 3. The molecule has 1 aliphatic heterocycles. The molecular formula is C23H25F2N5O2S. The first-order valence-corrected chi connectivity index (χ1v) is 12.7. The number of benzene rings is 2. The predicted octanol–water partition coefficient (Wildman–Crippen LogP) is 5.32. The fourth-order valence-corrected chi connectivity index (χ4v) is 4.40. The number of ether oxygens (including phenoxy) is 1. The molecule has 10 heteroatoms. The van der Waals surface area contributed by atoms with Gasteiger partial charge in [0.25, 0.3) is 0 Å². The highest BCUT2D eigenvalue weighted by molar-refractivity contribution is 7.90. The zero-order valence-corrected chi connectivity index (χ0v) is 19.0. The minimum atomic E-state index is -2.76. The van der Waals surface area contributed by atoms with Gasteiger partial charge in [0, 0.05) is 39.8 Å². The molecular weight excluding hydrogens is 448 g/mol. The van der Waals surface area contributed by atoms with Crippen LogP contribution in [-0.4, -0.2) is 33.6 Å². The highest BCUT2D eigenvalue weighted by atomic mass is 32.2. The molecule has 2 aromatic carbocycles. The van der Waals surface area contributed by atoms with E-state index in [4.69, 9.17) is 9.52 Å². The summed E-state index contributed by atoms with van der Waals surface area (Å²) in [6.07, 6.45) is 4.92. The molecule has 0 radical (unpaired) electrons. The second-order valence-electron chi connectivity index (χ2n) is 8.06. The Morgan fingerprint density at radius 3 is 2.79 bits per heavy atom. The van der Waals surface area contributed by atoms with Crippen molar-refractivity contribution in [3.63, 3.8) is 0 Å². The molecule has 0 spiro atoms. The van der Waals surface area contributed by atoms with Crippen molar-refractivity contribution < 1.29 is 17.7 Å². The van der Waals surface area contributed by atoms with Gasteiger partial charge in [-0.25, -0.2) is 23.0 Å². The van der Waals surface area contributed by atoms with Crippen LogP contribution in [-0.2, 0) is 15.5 Å². The molecule has 0 aliphatic carbocycles. The lowest BCUT2D eigenvalue weighted by Gasteiger charge is -2.13. The summed E-state index contributed by atoms with van der Waals surface area (Å²) in [5, 5.41) is 6.10. The van der Waals surface area contributed by atoms with Gasteiger partial charge in [-0.15, -0.1) is 0 Å². The third-order valence-corrected chi connectivity index (χ3v) is 5.94. The van der Waals surface area contributed by atoms with Crippen molar-refractivity contribution in [3.8, 4) is 17.0 Å². The lowest BCUT2D eigenvalue weighted by molar-refractivity contribution is 0.306. The van der Waals surface area contributed by atoms with Crippen LogP contribution in [0, 0.1) is 16.4 Å². The van der Waals surface area contributed by atoms with E-state index in [0.717, 1.165) is 25.5 Å². The molecule has 0 saturated heterocycles. The van der Waals surface area contributed by atoms with Gasteiger partial charge in [0.2, 0.25) is 5.95 Å². The van der Waals surface area contributed by atoms with Gasteiger partial charge in [-0.05, 0) is 55.2 Å². The Morgan fingerprint density at radius 2 is 1.97 bits per heavy atom. The van der Waals surface area contributed by atoms with Crippen LogP contribution in [0.5, 0.6) is 5.75 Å². The Balaban J connectivity index is 1.75. The van der Waals surface area contributed by atoms with Gasteiger partial charge in [0.15, 0.2) is 5.82 Å². The summed E-state index contributed by atoms with van der Waals surface area (Å²) in [7, 11) is -2.76. The van der Waals surface area contributed by atoms with Crippen LogP contribution in [0.3, 0.4) is 0 Å². The normalized spacial score (nSPS) is 15.8. The highest BCUT2D eigenvalue weighted by Gasteiger charge is 2.14. The maximum absolute atomic E-state index is 14.6. The average molecular weight is 474 g/mol.